The molecule has 0 aliphatic carbocycles. The van der Waals surface area contributed by atoms with Crippen molar-refractivity contribution < 1.29 is 4.79 Å². The molecular formula is C9H14N2O. The van der Waals surface area contributed by atoms with Gasteiger partial charge in [-0.2, -0.15) is 0 Å². The SMILES string of the molecule is Cc1ccc(C)n1CCNC=O. The molecule has 12 heavy (non-hydrogen) atoms. The van der Waals surface area contributed by atoms with Crippen molar-refractivity contribution in [1.29, 1.82) is 0 Å². The van der Waals surface area contributed by atoms with Gasteiger partial charge < -0.3 is 9.88 Å². The Bertz CT molecular complexity index is 246. The third-order valence-electron chi connectivity index (χ3n) is 1.98. The van der Waals surface area contributed by atoms with E-state index < -0.39 is 0 Å². The number of carbonyl (C=O) groups excluding carboxylic acids is 1. The van der Waals surface area contributed by atoms with E-state index >= 15 is 0 Å². The fourth-order valence-electron chi connectivity index (χ4n) is 1.29. The van der Waals surface area contributed by atoms with Crippen molar-refractivity contribution in [2.24, 2.45) is 0 Å². The first-order valence-corrected chi connectivity index (χ1v) is 4.05. The van der Waals surface area contributed by atoms with Crippen LogP contribution in [0, 0.1) is 13.8 Å². The second kappa shape index (κ2) is 3.95. The van der Waals surface area contributed by atoms with Crippen LogP contribution in [0.3, 0.4) is 0 Å². The Kier molecular flexibility index (Phi) is 2.91. The van der Waals surface area contributed by atoms with Crippen LogP contribution >= 0.6 is 0 Å². The first-order chi connectivity index (χ1) is 5.75. The molecule has 1 aromatic heterocycles. The summed E-state index contributed by atoms with van der Waals surface area (Å²) in [5.41, 5.74) is 2.47. The first kappa shape index (κ1) is 8.84. The molecule has 1 N–H and O–H groups in total. The minimum absolute atomic E-state index is 0.694. The highest BCUT2D eigenvalue weighted by Crippen LogP contribution is 2.05. The molecule has 0 aromatic carbocycles. The van der Waals surface area contributed by atoms with Crippen LogP contribution in [0.2, 0.25) is 0 Å². The van der Waals surface area contributed by atoms with Crippen LogP contribution in [0.5, 0.6) is 0 Å². The maximum atomic E-state index is 9.98. The Morgan fingerprint density at radius 3 is 2.50 bits per heavy atom. The normalized spacial score (nSPS) is 9.83. The molecule has 0 aliphatic rings. The summed E-state index contributed by atoms with van der Waals surface area (Å²) in [6.07, 6.45) is 0.730. The third kappa shape index (κ3) is 1.87. The molecule has 0 saturated carbocycles. The Morgan fingerprint density at radius 1 is 1.42 bits per heavy atom. The lowest BCUT2D eigenvalue weighted by Crippen LogP contribution is -2.18. The monoisotopic (exact) mass is 166 g/mol. The van der Waals surface area contributed by atoms with Gasteiger partial charge in [0.05, 0.1) is 0 Å². The summed E-state index contributed by atoms with van der Waals surface area (Å²) >= 11 is 0. The third-order valence-corrected chi connectivity index (χ3v) is 1.98. The smallest absolute Gasteiger partial charge is 0.207 e. The summed E-state index contributed by atoms with van der Waals surface area (Å²) in [5, 5.41) is 2.64. The molecule has 0 fully saturated rings. The van der Waals surface area contributed by atoms with Gasteiger partial charge in [-0.1, -0.05) is 0 Å². The quantitative estimate of drug-likeness (QED) is 0.522. The molecule has 1 aromatic rings. The highest BCUT2D eigenvalue weighted by molar-refractivity contribution is 5.45. The minimum atomic E-state index is 0.694. The Hall–Kier alpha value is -1.25. The Labute approximate surface area is 72.4 Å². The van der Waals surface area contributed by atoms with Gasteiger partial charge in [-0.25, -0.2) is 0 Å². The van der Waals surface area contributed by atoms with Gasteiger partial charge in [-0.15, -0.1) is 0 Å². The fourth-order valence-corrected chi connectivity index (χ4v) is 1.29. The molecule has 0 bridgehead atoms. The summed E-state index contributed by atoms with van der Waals surface area (Å²) in [6.45, 7) is 5.67. The zero-order valence-corrected chi connectivity index (χ0v) is 7.50. The van der Waals surface area contributed by atoms with Gasteiger partial charge in [0.1, 0.15) is 0 Å². The van der Waals surface area contributed by atoms with E-state index in [1.807, 2.05) is 0 Å². The van der Waals surface area contributed by atoms with E-state index in [0.717, 1.165) is 13.0 Å². The highest BCUT2D eigenvalue weighted by atomic mass is 16.1. The van der Waals surface area contributed by atoms with Crippen molar-refractivity contribution in [3.8, 4) is 0 Å². The number of aromatic nitrogens is 1. The molecule has 0 radical (unpaired) electrons. The lowest BCUT2D eigenvalue weighted by molar-refractivity contribution is -0.109. The molecule has 66 valence electrons. The van der Waals surface area contributed by atoms with E-state index in [9.17, 15) is 4.79 Å². The lowest BCUT2D eigenvalue weighted by atomic mass is 10.5. The zero-order chi connectivity index (χ0) is 8.97. The van der Waals surface area contributed by atoms with E-state index in [-0.39, 0.29) is 0 Å². The summed E-state index contributed by atoms with van der Waals surface area (Å²) in [4.78, 5) is 9.98. The van der Waals surface area contributed by atoms with Gasteiger partial charge >= 0.3 is 0 Å². The fraction of sp³-hybridized carbons (Fsp3) is 0.444. The molecule has 0 atom stereocenters. The van der Waals surface area contributed by atoms with Crippen LogP contribution in [0.1, 0.15) is 11.4 Å². The van der Waals surface area contributed by atoms with Gasteiger partial charge in [0.2, 0.25) is 6.41 Å². The molecule has 1 rings (SSSR count). The molecular weight excluding hydrogens is 152 g/mol. The van der Waals surface area contributed by atoms with Gasteiger partial charge in [0.25, 0.3) is 0 Å². The van der Waals surface area contributed by atoms with E-state index in [2.05, 4.69) is 35.9 Å². The van der Waals surface area contributed by atoms with Crippen LogP contribution in [0.4, 0.5) is 0 Å². The van der Waals surface area contributed by atoms with Crippen molar-refractivity contribution >= 4 is 6.41 Å². The topological polar surface area (TPSA) is 34.0 Å². The van der Waals surface area contributed by atoms with Gasteiger partial charge in [-0.3, -0.25) is 4.79 Å². The van der Waals surface area contributed by atoms with Crippen LogP contribution < -0.4 is 5.32 Å². The standard InChI is InChI=1S/C9H14N2O/c1-8-3-4-9(2)11(8)6-5-10-7-12/h3-4,7H,5-6H2,1-2H3,(H,10,12). The van der Waals surface area contributed by atoms with E-state index in [0.29, 0.717) is 6.54 Å². The van der Waals surface area contributed by atoms with Crippen LogP contribution in [0.25, 0.3) is 0 Å². The van der Waals surface area contributed by atoms with Gasteiger partial charge in [-0.05, 0) is 26.0 Å². The number of rotatable bonds is 4. The summed E-state index contributed by atoms with van der Waals surface area (Å²) in [7, 11) is 0. The Balaban J connectivity index is 2.55. The van der Waals surface area contributed by atoms with Crippen molar-refractivity contribution in [3.05, 3.63) is 23.5 Å². The largest absolute Gasteiger partial charge is 0.357 e. The predicted octanol–water partition coefficient (Wildman–Crippen LogP) is 0.851. The summed E-state index contributed by atoms with van der Waals surface area (Å²) in [6, 6.07) is 4.16. The van der Waals surface area contributed by atoms with Crippen LogP contribution in [-0.4, -0.2) is 17.5 Å². The maximum absolute atomic E-state index is 9.98. The zero-order valence-electron chi connectivity index (χ0n) is 7.50. The average molecular weight is 166 g/mol. The number of nitrogens with one attached hydrogen (secondary N) is 1. The number of hydrogen-bond donors (Lipinski definition) is 1. The first-order valence-electron chi connectivity index (χ1n) is 4.05. The number of carbonyl (C=O) groups is 1. The van der Waals surface area contributed by atoms with E-state index in [1.54, 1.807) is 0 Å². The van der Waals surface area contributed by atoms with E-state index in [4.69, 9.17) is 0 Å². The molecule has 1 amide bonds. The van der Waals surface area contributed by atoms with Gasteiger partial charge in [0.15, 0.2) is 0 Å². The number of nitrogens with zero attached hydrogens (tertiary/aromatic N) is 1. The predicted molar refractivity (Wildman–Crippen MR) is 48.0 cm³/mol. The van der Waals surface area contributed by atoms with Crippen molar-refractivity contribution in [1.82, 2.24) is 9.88 Å². The van der Waals surface area contributed by atoms with Crippen molar-refractivity contribution in [3.63, 3.8) is 0 Å². The second-order valence-corrected chi connectivity index (χ2v) is 2.84. The number of amides is 1. The molecule has 0 spiro atoms. The molecule has 3 nitrogen and oxygen atoms in total. The van der Waals surface area contributed by atoms with Crippen molar-refractivity contribution in [2.45, 2.75) is 20.4 Å². The average Bonchev–Trinajstić information content (AvgIpc) is 2.35. The summed E-state index contributed by atoms with van der Waals surface area (Å²) in [5.74, 6) is 0. The molecule has 0 unspecified atom stereocenters. The maximum Gasteiger partial charge on any atom is 0.207 e. The minimum Gasteiger partial charge on any atom is -0.357 e. The van der Waals surface area contributed by atoms with Crippen molar-refractivity contribution in [2.75, 3.05) is 6.54 Å². The molecule has 0 saturated heterocycles. The number of hydrogen-bond acceptors (Lipinski definition) is 1. The molecule has 1 heterocycles. The second-order valence-electron chi connectivity index (χ2n) is 2.84. The highest BCUT2D eigenvalue weighted by Gasteiger charge is 1.98. The van der Waals surface area contributed by atoms with Crippen LogP contribution in [-0.2, 0) is 11.3 Å². The van der Waals surface area contributed by atoms with Gasteiger partial charge in [0, 0.05) is 24.5 Å². The van der Waals surface area contributed by atoms with E-state index in [1.165, 1.54) is 11.4 Å². The Morgan fingerprint density at radius 2 is 2.00 bits per heavy atom. The molecule has 0 aliphatic heterocycles. The van der Waals surface area contributed by atoms with Crippen LogP contribution in [0.15, 0.2) is 12.1 Å². The molecule has 3 heteroatoms. The number of aryl methyl sites for hydroxylation is 2. The summed E-state index contributed by atoms with van der Waals surface area (Å²) < 4.78 is 2.18. The lowest BCUT2D eigenvalue weighted by Gasteiger charge is -2.07.